The molecule has 1 aromatic heterocycles. The van der Waals surface area contributed by atoms with Gasteiger partial charge in [-0.2, -0.15) is 0 Å². The van der Waals surface area contributed by atoms with Crippen molar-refractivity contribution in [2.24, 2.45) is 22.2 Å². The van der Waals surface area contributed by atoms with Crippen LogP contribution in [0.2, 0.25) is 0 Å². The number of hydrogen-bond acceptors (Lipinski definition) is 11. The van der Waals surface area contributed by atoms with Gasteiger partial charge >= 0.3 is 5.97 Å². The number of hydrogen-bond donors (Lipinski definition) is 2. The lowest BCUT2D eigenvalue weighted by molar-refractivity contribution is -0.155. The van der Waals surface area contributed by atoms with E-state index in [-0.39, 0.29) is 34.8 Å². The van der Waals surface area contributed by atoms with Crippen LogP contribution in [0.1, 0.15) is 90.3 Å². The minimum absolute atomic E-state index is 0.0468. The van der Waals surface area contributed by atoms with Crippen LogP contribution in [0.15, 0.2) is 51.2 Å². The van der Waals surface area contributed by atoms with Crippen molar-refractivity contribution >= 4 is 44.9 Å². The molecule has 0 bridgehead atoms. The third kappa shape index (κ3) is 9.61. The zero-order chi connectivity index (χ0) is 35.2. The van der Waals surface area contributed by atoms with E-state index < -0.39 is 58.0 Å². The van der Waals surface area contributed by atoms with Crippen LogP contribution in [0.5, 0.6) is 0 Å². The highest BCUT2D eigenvalue weighted by Crippen LogP contribution is 2.34. The van der Waals surface area contributed by atoms with Gasteiger partial charge in [0.2, 0.25) is 0 Å². The molecular formula is C36H50N2O8S2. The standard InChI is InChI=1S/C36H50N2O8S2/c1-22-12-10-15-28-30(45-32(38-28)16-11-17-48(43,44)27-13-8-7-9-14-27)19-29(23(2)18-26-21-47-25(4)37-26)46-33(40)20-31(39)36(5,6)35(42)24(3)34(22)41/h7-9,13-14,18,21-22,24,28-31,34,39,41H,10-12,15-17,19-20H2,1-6H3/b23-18+/t22-,24+,28?,29-,30-,31-,34-/m0/s1. The Hall–Kier alpha value is -2.93. The number of carbonyl (C=O) groups excluding carboxylic acids is 2. The summed E-state index contributed by atoms with van der Waals surface area (Å²) < 4.78 is 38.1. The maximum Gasteiger partial charge on any atom is 0.309 e. The molecule has 0 spiro atoms. The summed E-state index contributed by atoms with van der Waals surface area (Å²) in [7, 11) is -3.46. The van der Waals surface area contributed by atoms with E-state index in [0.717, 1.165) is 16.3 Å². The Balaban J connectivity index is 1.58. The Morgan fingerprint density at radius 1 is 1.10 bits per heavy atom. The molecule has 2 N–H and O–H groups in total. The summed E-state index contributed by atoms with van der Waals surface area (Å²) in [4.78, 5) is 36.5. The normalized spacial score (nSPS) is 29.5. The number of sulfone groups is 1. The fourth-order valence-electron chi connectivity index (χ4n) is 6.44. The first-order valence-electron chi connectivity index (χ1n) is 16.8. The summed E-state index contributed by atoms with van der Waals surface area (Å²) >= 11 is 1.51. The molecule has 1 aromatic carbocycles. The Bertz CT molecular complexity index is 1580. The minimum atomic E-state index is -3.46. The van der Waals surface area contributed by atoms with Crippen LogP contribution in [-0.4, -0.2) is 77.5 Å². The van der Waals surface area contributed by atoms with Crippen LogP contribution in [0.25, 0.3) is 6.08 Å². The number of Topliss-reactive ketones (excluding diaryl/α,β-unsaturated/α-hetero) is 1. The third-order valence-corrected chi connectivity index (χ3v) is 12.3. The summed E-state index contributed by atoms with van der Waals surface area (Å²) in [5.74, 6) is -1.49. The van der Waals surface area contributed by atoms with Crippen LogP contribution in [0.3, 0.4) is 0 Å². The number of ether oxygens (including phenoxy) is 2. The number of cyclic esters (lactones) is 1. The minimum Gasteiger partial charge on any atom is -0.475 e. The molecule has 2 aliphatic rings. The van der Waals surface area contributed by atoms with Crippen molar-refractivity contribution in [1.29, 1.82) is 0 Å². The number of benzene rings is 1. The molecule has 7 atom stereocenters. The van der Waals surface area contributed by atoms with Crippen LogP contribution in [0.4, 0.5) is 0 Å². The van der Waals surface area contributed by atoms with Gasteiger partial charge in [-0.25, -0.2) is 18.4 Å². The van der Waals surface area contributed by atoms with Crippen molar-refractivity contribution < 1.29 is 37.7 Å². The Kier molecular flexibility index (Phi) is 12.8. The topological polar surface area (TPSA) is 152 Å². The number of ketones is 1. The average molecular weight is 703 g/mol. The van der Waals surface area contributed by atoms with Crippen LogP contribution in [0, 0.1) is 24.2 Å². The molecule has 2 aromatic rings. The molecule has 10 nitrogen and oxygen atoms in total. The number of rotatable bonds is 7. The van der Waals surface area contributed by atoms with E-state index in [1.165, 1.54) is 11.3 Å². The summed E-state index contributed by atoms with van der Waals surface area (Å²) in [6.45, 7) is 10.5. The fraction of sp³-hybridized carbons (Fsp3) is 0.611. The van der Waals surface area contributed by atoms with E-state index in [1.807, 2.05) is 32.2 Å². The van der Waals surface area contributed by atoms with Gasteiger partial charge in [-0.05, 0) is 62.8 Å². The monoisotopic (exact) mass is 702 g/mol. The van der Waals surface area contributed by atoms with Crippen molar-refractivity contribution in [2.75, 3.05) is 5.75 Å². The Morgan fingerprint density at radius 3 is 2.48 bits per heavy atom. The quantitative estimate of drug-likeness (QED) is 0.344. The lowest BCUT2D eigenvalue weighted by atomic mass is 9.73. The van der Waals surface area contributed by atoms with Crippen molar-refractivity contribution in [3.8, 4) is 0 Å². The number of thiazole rings is 1. The zero-order valence-corrected chi connectivity index (χ0v) is 30.4. The first-order valence-corrected chi connectivity index (χ1v) is 19.3. The molecule has 0 saturated carbocycles. The summed E-state index contributed by atoms with van der Waals surface area (Å²) in [6, 6.07) is 8.08. The summed E-state index contributed by atoms with van der Waals surface area (Å²) in [6.07, 6.45) is 0.994. The van der Waals surface area contributed by atoms with Crippen LogP contribution >= 0.6 is 11.3 Å². The Labute approximate surface area is 288 Å². The SMILES string of the molecule is C/C(=C\c1csc(C)n1)[C@@H]1C[C@@H]2OC(CCCS(=O)(=O)c3ccccc3)=NC2CCC[C@H](C)[C@H](O)[C@@H](C)C(=O)C(C)(C)[C@@H](O)CC(=O)O1. The molecule has 1 fully saturated rings. The second-order valence-electron chi connectivity index (χ2n) is 13.9. The molecule has 1 unspecified atom stereocenters. The van der Waals surface area contributed by atoms with Crippen molar-refractivity contribution in [1.82, 2.24) is 4.98 Å². The highest BCUT2D eigenvalue weighted by atomic mass is 32.2. The molecule has 48 heavy (non-hydrogen) atoms. The Morgan fingerprint density at radius 2 is 1.81 bits per heavy atom. The lowest BCUT2D eigenvalue weighted by Gasteiger charge is -2.34. The average Bonchev–Trinajstić information content (AvgIpc) is 3.63. The number of carbonyl (C=O) groups is 2. The number of fused-ring (bicyclic) bond motifs is 1. The number of nitrogens with zero attached hydrogens (tertiary/aromatic N) is 2. The highest BCUT2D eigenvalue weighted by Gasteiger charge is 2.43. The van der Waals surface area contributed by atoms with Crippen molar-refractivity contribution in [3.05, 3.63) is 52.0 Å². The molecule has 0 aliphatic carbocycles. The first-order chi connectivity index (χ1) is 22.6. The van der Waals surface area contributed by atoms with E-state index in [9.17, 15) is 28.2 Å². The van der Waals surface area contributed by atoms with Gasteiger partial charge in [-0.3, -0.25) is 9.59 Å². The molecule has 264 valence electrons. The number of aliphatic hydroxyl groups is 2. The molecule has 2 aliphatic heterocycles. The number of esters is 1. The highest BCUT2D eigenvalue weighted by molar-refractivity contribution is 7.91. The van der Waals surface area contributed by atoms with E-state index in [2.05, 4.69) is 4.98 Å². The second-order valence-corrected chi connectivity index (χ2v) is 17.0. The fourth-order valence-corrected chi connectivity index (χ4v) is 8.34. The molecule has 12 heteroatoms. The van der Waals surface area contributed by atoms with E-state index in [4.69, 9.17) is 14.5 Å². The summed E-state index contributed by atoms with van der Waals surface area (Å²) in [5.41, 5.74) is 0.201. The predicted molar refractivity (Wildman–Crippen MR) is 186 cm³/mol. The number of aryl methyl sites for hydroxylation is 1. The molecule has 4 rings (SSSR count). The first kappa shape index (κ1) is 37.9. The van der Waals surface area contributed by atoms with Gasteiger partial charge < -0.3 is 19.7 Å². The van der Waals surface area contributed by atoms with Gasteiger partial charge in [-0.1, -0.05) is 52.3 Å². The maximum atomic E-state index is 13.5. The number of aliphatic hydroxyl groups excluding tert-OH is 2. The number of aromatic nitrogens is 1. The van der Waals surface area contributed by atoms with Crippen LogP contribution < -0.4 is 0 Å². The summed E-state index contributed by atoms with van der Waals surface area (Å²) in [5, 5.41) is 25.0. The van der Waals surface area contributed by atoms with E-state index in [1.54, 1.807) is 51.1 Å². The van der Waals surface area contributed by atoms with Gasteiger partial charge in [0.15, 0.2) is 15.7 Å². The third-order valence-electron chi connectivity index (χ3n) is 9.67. The van der Waals surface area contributed by atoms with E-state index >= 15 is 0 Å². The van der Waals surface area contributed by atoms with Crippen molar-refractivity contribution in [3.63, 3.8) is 0 Å². The van der Waals surface area contributed by atoms with Gasteiger partial charge in [0.05, 0.1) is 51.4 Å². The van der Waals surface area contributed by atoms with Crippen molar-refractivity contribution in [2.45, 2.75) is 122 Å². The van der Waals surface area contributed by atoms with Gasteiger partial charge in [0.25, 0.3) is 0 Å². The second kappa shape index (κ2) is 16.2. The lowest BCUT2D eigenvalue weighted by Crippen LogP contribution is -2.46. The molecule has 0 amide bonds. The number of aliphatic imine (C=N–C) groups is 1. The smallest absolute Gasteiger partial charge is 0.309 e. The molecule has 1 saturated heterocycles. The van der Waals surface area contributed by atoms with Crippen LogP contribution in [-0.2, 0) is 28.9 Å². The predicted octanol–water partition coefficient (Wildman–Crippen LogP) is 5.74. The van der Waals surface area contributed by atoms with Gasteiger partial charge in [-0.15, -0.1) is 11.3 Å². The van der Waals surface area contributed by atoms with Gasteiger partial charge in [0.1, 0.15) is 18.0 Å². The van der Waals surface area contributed by atoms with E-state index in [0.29, 0.717) is 38.0 Å². The molecule has 0 radical (unpaired) electrons. The van der Waals surface area contributed by atoms with Gasteiger partial charge in [0, 0.05) is 24.1 Å². The largest absolute Gasteiger partial charge is 0.475 e. The zero-order valence-electron chi connectivity index (χ0n) is 28.8. The maximum absolute atomic E-state index is 13.5. The molecule has 3 heterocycles. The molecular weight excluding hydrogens is 653 g/mol.